The maximum Gasteiger partial charge on any atom is 0.175 e. The minimum atomic E-state index is -3.25. The zero-order chi connectivity index (χ0) is 19.9. The Kier molecular flexibility index (Phi) is 4.87. The highest BCUT2D eigenvalue weighted by molar-refractivity contribution is 7.90. The lowest BCUT2D eigenvalue weighted by Gasteiger charge is -2.08. The number of sulfone groups is 1. The van der Waals surface area contributed by atoms with E-state index in [-0.39, 0.29) is 4.90 Å². The van der Waals surface area contributed by atoms with Crippen LogP contribution in [0.25, 0.3) is 28.2 Å². The van der Waals surface area contributed by atoms with Crippen LogP contribution in [-0.2, 0) is 9.84 Å². The van der Waals surface area contributed by atoms with Gasteiger partial charge < -0.3 is 0 Å². The van der Waals surface area contributed by atoms with Crippen molar-refractivity contribution < 1.29 is 8.42 Å². The lowest BCUT2D eigenvalue weighted by atomic mass is 10.1. The highest BCUT2D eigenvalue weighted by Crippen LogP contribution is 2.32. The zero-order valence-corrected chi connectivity index (χ0v) is 17.6. The molecule has 0 aliphatic rings. The number of hydrogen-bond donors (Lipinski definition) is 0. The van der Waals surface area contributed by atoms with Gasteiger partial charge in [0, 0.05) is 27.3 Å². The Hall–Kier alpha value is -2.41. The summed E-state index contributed by atoms with van der Waals surface area (Å²) < 4.78 is 25.4. The molecule has 0 fully saturated rings. The molecule has 0 N–H and O–H groups in total. The normalized spacial score (nSPS) is 11.7. The maximum absolute atomic E-state index is 11.8. The van der Waals surface area contributed by atoms with Gasteiger partial charge in [0.15, 0.2) is 9.84 Å². The lowest BCUT2D eigenvalue weighted by molar-refractivity contribution is 0.602. The molecule has 4 rings (SSSR count). The summed E-state index contributed by atoms with van der Waals surface area (Å²) in [6.45, 7) is 2.07. The van der Waals surface area contributed by atoms with Crippen LogP contribution in [0.15, 0.2) is 70.9 Å². The van der Waals surface area contributed by atoms with E-state index in [4.69, 9.17) is 16.7 Å². The molecule has 0 amide bonds. The summed E-state index contributed by atoms with van der Waals surface area (Å²) in [6, 6.07) is 18.4. The summed E-state index contributed by atoms with van der Waals surface area (Å²) in [6.07, 6.45) is 1.20. The largest absolute Gasteiger partial charge is 0.232 e. The molecular formula is C21H17ClN2O2S2. The van der Waals surface area contributed by atoms with Crippen molar-refractivity contribution in [3.8, 4) is 28.2 Å². The molecule has 4 aromatic rings. The van der Waals surface area contributed by atoms with Crippen LogP contribution in [0.3, 0.4) is 0 Å². The molecule has 0 saturated carbocycles. The van der Waals surface area contributed by atoms with E-state index < -0.39 is 9.84 Å². The second-order valence-corrected chi connectivity index (χ2v) is 10.1. The van der Waals surface area contributed by atoms with E-state index in [1.54, 1.807) is 35.6 Å². The van der Waals surface area contributed by atoms with Gasteiger partial charge in [0.25, 0.3) is 0 Å². The van der Waals surface area contributed by atoms with Crippen LogP contribution in [0.4, 0.5) is 0 Å². The Morgan fingerprint density at radius 3 is 2.25 bits per heavy atom. The van der Waals surface area contributed by atoms with Crippen LogP contribution < -0.4 is 0 Å². The van der Waals surface area contributed by atoms with E-state index in [9.17, 15) is 8.42 Å². The fraction of sp³-hybridized carbons (Fsp3) is 0.0952. The predicted molar refractivity (Wildman–Crippen MR) is 115 cm³/mol. The summed E-state index contributed by atoms with van der Waals surface area (Å²) in [4.78, 5) is 1.48. The SMILES string of the molecule is Cc1sccc1-c1cc(-c2ccc(Cl)cc2)n(-c2ccc(S(C)(=O)=O)cc2)n1. The quantitative estimate of drug-likeness (QED) is 0.423. The molecule has 0 unspecified atom stereocenters. The van der Waals surface area contributed by atoms with E-state index in [1.165, 1.54) is 11.1 Å². The second-order valence-electron chi connectivity index (χ2n) is 6.49. The minimum absolute atomic E-state index is 0.283. The van der Waals surface area contributed by atoms with Crippen molar-refractivity contribution in [3.63, 3.8) is 0 Å². The molecule has 0 atom stereocenters. The van der Waals surface area contributed by atoms with Crippen molar-refractivity contribution in [1.29, 1.82) is 0 Å². The molecule has 0 spiro atoms. The van der Waals surface area contributed by atoms with Crippen LogP contribution in [0.1, 0.15) is 4.88 Å². The molecular weight excluding hydrogens is 412 g/mol. The van der Waals surface area contributed by atoms with E-state index in [0.717, 1.165) is 28.2 Å². The van der Waals surface area contributed by atoms with Crippen LogP contribution >= 0.6 is 22.9 Å². The summed E-state index contributed by atoms with van der Waals surface area (Å²) in [5, 5.41) is 7.53. The fourth-order valence-corrected chi connectivity index (χ4v) is 4.49. The fourth-order valence-electron chi connectivity index (χ4n) is 3.02. The standard InChI is InChI=1S/C21H17ClN2O2S2/c1-14-19(11-12-27-14)20-13-21(15-3-5-16(22)6-4-15)24(23-20)17-7-9-18(10-8-17)28(2,25)26/h3-13H,1-2H3. The van der Waals surface area contributed by atoms with Gasteiger partial charge in [0.05, 0.1) is 22.0 Å². The molecule has 2 heterocycles. The Balaban J connectivity index is 1.88. The number of benzene rings is 2. The Morgan fingerprint density at radius 2 is 1.68 bits per heavy atom. The number of hydrogen-bond acceptors (Lipinski definition) is 4. The summed E-state index contributed by atoms with van der Waals surface area (Å²) in [5.41, 5.74) is 4.63. The Labute approximate surface area is 173 Å². The highest BCUT2D eigenvalue weighted by Gasteiger charge is 2.16. The molecule has 0 saturated heterocycles. The monoisotopic (exact) mass is 428 g/mol. The van der Waals surface area contributed by atoms with Gasteiger partial charge in [0.1, 0.15) is 0 Å². The van der Waals surface area contributed by atoms with E-state index in [2.05, 4.69) is 13.0 Å². The van der Waals surface area contributed by atoms with Crippen LogP contribution in [-0.4, -0.2) is 24.5 Å². The maximum atomic E-state index is 11.8. The van der Waals surface area contributed by atoms with Gasteiger partial charge in [-0.05, 0) is 60.8 Å². The molecule has 0 radical (unpaired) electrons. The van der Waals surface area contributed by atoms with Gasteiger partial charge in [-0.3, -0.25) is 0 Å². The molecule has 0 aliphatic carbocycles. The van der Waals surface area contributed by atoms with Gasteiger partial charge in [-0.25, -0.2) is 13.1 Å². The molecule has 28 heavy (non-hydrogen) atoms. The zero-order valence-electron chi connectivity index (χ0n) is 15.3. The van der Waals surface area contributed by atoms with Gasteiger partial charge >= 0.3 is 0 Å². The minimum Gasteiger partial charge on any atom is -0.232 e. The number of aromatic nitrogens is 2. The van der Waals surface area contributed by atoms with E-state index >= 15 is 0 Å². The predicted octanol–water partition coefficient (Wildman–Crippen LogP) is 5.63. The topological polar surface area (TPSA) is 52.0 Å². The highest BCUT2D eigenvalue weighted by atomic mass is 35.5. The molecule has 2 aromatic heterocycles. The van der Waals surface area contributed by atoms with Crippen molar-refractivity contribution in [2.75, 3.05) is 6.26 Å². The van der Waals surface area contributed by atoms with Gasteiger partial charge in [0.2, 0.25) is 0 Å². The Bertz CT molecular complexity index is 1240. The summed E-state index contributed by atoms with van der Waals surface area (Å²) in [5.74, 6) is 0. The first-order chi connectivity index (χ1) is 13.3. The molecule has 7 heteroatoms. The van der Waals surface area contributed by atoms with Crippen molar-refractivity contribution in [1.82, 2.24) is 9.78 Å². The third-order valence-electron chi connectivity index (χ3n) is 4.49. The molecule has 142 valence electrons. The van der Waals surface area contributed by atoms with Gasteiger partial charge in [-0.15, -0.1) is 11.3 Å². The van der Waals surface area contributed by atoms with E-state index in [0.29, 0.717) is 5.02 Å². The van der Waals surface area contributed by atoms with Crippen LogP contribution in [0, 0.1) is 6.92 Å². The van der Waals surface area contributed by atoms with Crippen molar-refractivity contribution >= 4 is 32.8 Å². The molecule has 0 bridgehead atoms. The smallest absolute Gasteiger partial charge is 0.175 e. The number of halogens is 1. The second kappa shape index (κ2) is 7.20. The average Bonchev–Trinajstić information content (AvgIpc) is 3.28. The first-order valence-electron chi connectivity index (χ1n) is 8.54. The first-order valence-corrected chi connectivity index (χ1v) is 11.7. The van der Waals surface area contributed by atoms with Crippen molar-refractivity contribution in [2.45, 2.75) is 11.8 Å². The lowest BCUT2D eigenvalue weighted by Crippen LogP contribution is -2.01. The first kappa shape index (κ1) is 18.9. The van der Waals surface area contributed by atoms with Gasteiger partial charge in [-0.1, -0.05) is 23.7 Å². The summed E-state index contributed by atoms with van der Waals surface area (Å²) >= 11 is 7.72. The van der Waals surface area contributed by atoms with Crippen molar-refractivity contribution in [3.05, 3.63) is 75.9 Å². The van der Waals surface area contributed by atoms with Gasteiger partial charge in [-0.2, -0.15) is 5.10 Å². The number of nitrogens with zero attached hydrogens (tertiary/aromatic N) is 2. The number of thiophene rings is 1. The average molecular weight is 429 g/mol. The van der Waals surface area contributed by atoms with E-state index in [1.807, 2.05) is 40.4 Å². The Morgan fingerprint density at radius 1 is 1.00 bits per heavy atom. The van der Waals surface area contributed by atoms with Crippen LogP contribution in [0.5, 0.6) is 0 Å². The third kappa shape index (κ3) is 3.63. The molecule has 0 aliphatic heterocycles. The van der Waals surface area contributed by atoms with Crippen molar-refractivity contribution in [2.24, 2.45) is 0 Å². The van der Waals surface area contributed by atoms with Crippen LogP contribution in [0.2, 0.25) is 5.02 Å². The molecule has 4 nitrogen and oxygen atoms in total. The number of rotatable bonds is 4. The summed E-state index contributed by atoms with van der Waals surface area (Å²) in [7, 11) is -3.25. The third-order valence-corrected chi connectivity index (χ3v) is 6.72. The molecule has 2 aromatic carbocycles. The number of aryl methyl sites for hydroxylation is 1.